The number of benzene rings is 1. The Hall–Kier alpha value is -1.32. The van der Waals surface area contributed by atoms with Gasteiger partial charge in [-0.25, -0.2) is 8.42 Å². The van der Waals surface area contributed by atoms with Crippen LogP contribution in [0.25, 0.3) is 0 Å². The van der Waals surface area contributed by atoms with Gasteiger partial charge in [0.05, 0.1) is 23.6 Å². The van der Waals surface area contributed by atoms with Gasteiger partial charge in [-0.2, -0.15) is 13.2 Å². The maximum absolute atomic E-state index is 12.9. The molecule has 5 nitrogen and oxygen atoms in total. The predicted molar refractivity (Wildman–Crippen MR) is 68.6 cm³/mol. The predicted octanol–water partition coefficient (Wildman–Crippen LogP) is 1.55. The molecule has 114 valence electrons. The van der Waals surface area contributed by atoms with E-state index in [0.29, 0.717) is 0 Å². The zero-order valence-corrected chi connectivity index (χ0v) is 11.5. The molecule has 9 heteroatoms. The van der Waals surface area contributed by atoms with Gasteiger partial charge in [0.15, 0.2) is 0 Å². The van der Waals surface area contributed by atoms with Crippen LogP contribution in [0, 0.1) is 0 Å². The molecule has 0 radical (unpaired) electrons. The molecular weight excluding hydrogens is 297 g/mol. The topological polar surface area (TPSA) is 81.4 Å². The number of hydrogen-bond acceptors (Lipinski definition) is 4. The van der Waals surface area contributed by atoms with Gasteiger partial charge in [0.25, 0.3) is 0 Å². The molecule has 0 atom stereocenters. The van der Waals surface area contributed by atoms with E-state index in [-0.39, 0.29) is 18.7 Å². The van der Waals surface area contributed by atoms with Gasteiger partial charge in [0, 0.05) is 13.7 Å². The standard InChI is InChI=1S/C11H15F3N2O3S/c1-19-4-5-20(17,18)16-10-3-2-8(7-15)6-9(10)11(12,13)14/h2-3,6,16H,4-5,7,15H2,1H3. The third-order valence-corrected chi connectivity index (χ3v) is 3.68. The van der Waals surface area contributed by atoms with Crippen LogP contribution in [0.1, 0.15) is 11.1 Å². The van der Waals surface area contributed by atoms with Crippen LogP contribution in [-0.2, 0) is 27.5 Å². The van der Waals surface area contributed by atoms with E-state index < -0.39 is 33.2 Å². The van der Waals surface area contributed by atoms with E-state index in [0.717, 1.165) is 12.1 Å². The number of methoxy groups -OCH3 is 1. The fourth-order valence-electron chi connectivity index (χ4n) is 1.45. The van der Waals surface area contributed by atoms with E-state index in [1.165, 1.54) is 13.2 Å². The van der Waals surface area contributed by atoms with Crippen LogP contribution in [-0.4, -0.2) is 27.9 Å². The fraction of sp³-hybridized carbons (Fsp3) is 0.455. The number of nitrogens with one attached hydrogen (secondary N) is 1. The highest BCUT2D eigenvalue weighted by Crippen LogP contribution is 2.35. The highest BCUT2D eigenvalue weighted by Gasteiger charge is 2.34. The number of halogens is 3. The highest BCUT2D eigenvalue weighted by atomic mass is 32.2. The Morgan fingerprint density at radius 3 is 2.50 bits per heavy atom. The zero-order chi connectivity index (χ0) is 15.4. The largest absolute Gasteiger partial charge is 0.418 e. The third-order valence-electron chi connectivity index (χ3n) is 2.45. The van der Waals surface area contributed by atoms with Crippen LogP contribution in [0.4, 0.5) is 18.9 Å². The number of rotatable bonds is 6. The minimum Gasteiger partial charge on any atom is -0.384 e. The minimum atomic E-state index is -4.68. The molecule has 0 aliphatic carbocycles. The van der Waals surface area contributed by atoms with Gasteiger partial charge in [-0.1, -0.05) is 6.07 Å². The Balaban J connectivity index is 3.12. The maximum Gasteiger partial charge on any atom is 0.418 e. The van der Waals surface area contributed by atoms with Gasteiger partial charge in [0.1, 0.15) is 0 Å². The molecule has 0 aliphatic heterocycles. The average Bonchev–Trinajstić information content (AvgIpc) is 2.35. The number of hydrogen-bond donors (Lipinski definition) is 2. The molecule has 0 aliphatic rings. The summed E-state index contributed by atoms with van der Waals surface area (Å²) < 4.78 is 68.4. The Kier molecular flexibility index (Phi) is 5.37. The van der Waals surface area contributed by atoms with Gasteiger partial charge in [-0.3, -0.25) is 4.72 Å². The number of ether oxygens (including phenoxy) is 1. The van der Waals surface area contributed by atoms with Crippen LogP contribution < -0.4 is 10.5 Å². The van der Waals surface area contributed by atoms with Crippen molar-refractivity contribution in [1.29, 1.82) is 0 Å². The first-order chi connectivity index (χ1) is 9.19. The van der Waals surface area contributed by atoms with Crippen LogP contribution in [0.15, 0.2) is 18.2 Å². The molecule has 0 bridgehead atoms. The SMILES string of the molecule is COCCS(=O)(=O)Nc1ccc(CN)cc1C(F)(F)F. The van der Waals surface area contributed by atoms with Gasteiger partial charge in [-0.15, -0.1) is 0 Å². The fourth-order valence-corrected chi connectivity index (χ4v) is 2.45. The summed E-state index contributed by atoms with van der Waals surface area (Å²) in [6.45, 7) is -0.183. The normalized spacial score (nSPS) is 12.4. The van der Waals surface area contributed by atoms with Crippen molar-refractivity contribution in [3.8, 4) is 0 Å². The maximum atomic E-state index is 12.9. The van der Waals surface area contributed by atoms with Crippen molar-refractivity contribution < 1.29 is 26.3 Å². The van der Waals surface area contributed by atoms with Gasteiger partial charge >= 0.3 is 6.18 Å². The second-order valence-electron chi connectivity index (χ2n) is 4.00. The van der Waals surface area contributed by atoms with E-state index in [1.807, 2.05) is 4.72 Å². The molecule has 3 N–H and O–H groups in total. The summed E-state index contributed by atoms with van der Waals surface area (Å²) in [5.41, 5.74) is 3.95. The van der Waals surface area contributed by atoms with Crippen molar-refractivity contribution in [2.75, 3.05) is 24.2 Å². The lowest BCUT2D eigenvalue weighted by atomic mass is 10.1. The summed E-state index contributed by atoms with van der Waals surface area (Å²) >= 11 is 0. The molecule has 1 aromatic carbocycles. The summed E-state index contributed by atoms with van der Waals surface area (Å²) in [7, 11) is -2.61. The summed E-state index contributed by atoms with van der Waals surface area (Å²) in [6, 6.07) is 3.22. The molecule has 0 aromatic heterocycles. The number of nitrogens with two attached hydrogens (primary N) is 1. The number of alkyl halides is 3. The van der Waals surface area contributed by atoms with E-state index in [9.17, 15) is 21.6 Å². The molecule has 20 heavy (non-hydrogen) atoms. The van der Waals surface area contributed by atoms with Crippen molar-refractivity contribution in [1.82, 2.24) is 0 Å². The lowest BCUT2D eigenvalue weighted by molar-refractivity contribution is -0.136. The van der Waals surface area contributed by atoms with Crippen LogP contribution >= 0.6 is 0 Å². The Morgan fingerprint density at radius 1 is 1.35 bits per heavy atom. The summed E-state index contributed by atoms with van der Waals surface area (Å²) in [6.07, 6.45) is -4.68. The summed E-state index contributed by atoms with van der Waals surface area (Å²) in [5.74, 6) is -0.431. The Morgan fingerprint density at radius 2 is 2.00 bits per heavy atom. The van der Waals surface area contributed by atoms with Crippen molar-refractivity contribution in [3.63, 3.8) is 0 Å². The Bertz CT molecular complexity index is 559. The van der Waals surface area contributed by atoms with Crippen LogP contribution in [0.2, 0.25) is 0 Å². The lowest BCUT2D eigenvalue weighted by Crippen LogP contribution is -2.22. The van der Waals surface area contributed by atoms with Crippen molar-refractivity contribution >= 4 is 15.7 Å². The molecule has 1 rings (SSSR count). The first-order valence-corrected chi connectivity index (χ1v) is 7.24. The van der Waals surface area contributed by atoms with E-state index >= 15 is 0 Å². The third kappa shape index (κ3) is 4.66. The highest BCUT2D eigenvalue weighted by molar-refractivity contribution is 7.92. The quantitative estimate of drug-likeness (QED) is 0.835. The first kappa shape index (κ1) is 16.7. The summed E-state index contributed by atoms with van der Waals surface area (Å²) in [4.78, 5) is 0. The lowest BCUT2D eigenvalue weighted by Gasteiger charge is -2.15. The molecular formula is C11H15F3N2O3S. The van der Waals surface area contributed by atoms with Crippen molar-refractivity contribution in [2.24, 2.45) is 5.73 Å². The van der Waals surface area contributed by atoms with Crippen LogP contribution in [0.5, 0.6) is 0 Å². The summed E-state index contributed by atoms with van der Waals surface area (Å²) in [5, 5.41) is 0. The molecule has 1 aromatic rings. The van der Waals surface area contributed by atoms with E-state index in [1.54, 1.807) is 0 Å². The van der Waals surface area contributed by atoms with E-state index in [2.05, 4.69) is 4.74 Å². The molecule has 0 saturated heterocycles. The average molecular weight is 312 g/mol. The van der Waals surface area contributed by atoms with Gasteiger partial charge < -0.3 is 10.5 Å². The molecule has 0 unspecified atom stereocenters. The van der Waals surface area contributed by atoms with Gasteiger partial charge in [-0.05, 0) is 17.7 Å². The first-order valence-electron chi connectivity index (χ1n) is 5.59. The number of sulfonamides is 1. The van der Waals surface area contributed by atoms with E-state index in [4.69, 9.17) is 5.73 Å². The van der Waals surface area contributed by atoms with Crippen molar-refractivity contribution in [3.05, 3.63) is 29.3 Å². The molecule has 0 fully saturated rings. The minimum absolute atomic E-state index is 0.0697. The molecule has 0 spiro atoms. The van der Waals surface area contributed by atoms with Crippen LogP contribution in [0.3, 0.4) is 0 Å². The Labute approximate surface area is 115 Å². The molecule has 0 heterocycles. The van der Waals surface area contributed by atoms with Gasteiger partial charge in [0.2, 0.25) is 10.0 Å². The monoisotopic (exact) mass is 312 g/mol. The smallest absolute Gasteiger partial charge is 0.384 e. The second-order valence-corrected chi connectivity index (χ2v) is 5.84. The zero-order valence-electron chi connectivity index (χ0n) is 10.7. The number of anilines is 1. The molecule has 0 amide bonds. The second kappa shape index (κ2) is 6.42. The molecule has 0 saturated carbocycles. The van der Waals surface area contributed by atoms with Crippen molar-refractivity contribution in [2.45, 2.75) is 12.7 Å².